The Balaban J connectivity index is 2.59. The van der Waals surface area contributed by atoms with Crippen LogP contribution in [0.4, 0.5) is 0 Å². The Morgan fingerprint density at radius 3 is 2.37 bits per heavy atom. The maximum absolute atomic E-state index is 4.50. The molecule has 0 amide bonds. The van der Waals surface area contributed by atoms with Gasteiger partial charge in [-0.15, -0.1) is 0 Å². The van der Waals surface area contributed by atoms with E-state index in [1.165, 1.54) is 12.8 Å². The fraction of sp³-hybridized carbons (Fsp3) is 0.733. The summed E-state index contributed by atoms with van der Waals surface area (Å²) in [5.41, 5.74) is 2.10. The fourth-order valence-electron chi connectivity index (χ4n) is 1.96. The van der Waals surface area contributed by atoms with Crippen molar-refractivity contribution in [3.8, 4) is 0 Å². The third kappa shape index (κ3) is 5.91. The Morgan fingerprint density at radius 1 is 1.21 bits per heavy atom. The van der Waals surface area contributed by atoms with Crippen molar-refractivity contribution in [3.63, 3.8) is 0 Å². The fourth-order valence-corrected chi connectivity index (χ4v) is 3.15. The molecular formula is C15H27N3S. The molecule has 19 heavy (non-hydrogen) atoms. The molecule has 0 aliphatic rings. The van der Waals surface area contributed by atoms with Gasteiger partial charge in [-0.25, -0.2) is 9.97 Å². The highest BCUT2D eigenvalue weighted by Gasteiger charge is 2.16. The van der Waals surface area contributed by atoms with Gasteiger partial charge in [-0.2, -0.15) is 0 Å². The molecule has 2 atom stereocenters. The molecule has 4 heteroatoms. The highest BCUT2D eigenvalue weighted by Crippen LogP contribution is 2.19. The van der Waals surface area contributed by atoms with Crippen molar-refractivity contribution in [2.75, 3.05) is 12.3 Å². The first kappa shape index (κ1) is 16.4. The number of nitrogens with zero attached hydrogens (tertiary/aromatic N) is 2. The number of aromatic nitrogens is 2. The normalized spacial score (nSPS) is 14.4. The van der Waals surface area contributed by atoms with Crippen molar-refractivity contribution >= 4 is 11.8 Å². The van der Waals surface area contributed by atoms with Crippen molar-refractivity contribution in [1.82, 2.24) is 15.3 Å². The Labute approximate surface area is 122 Å². The van der Waals surface area contributed by atoms with E-state index in [2.05, 4.69) is 36.1 Å². The van der Waals surface area contributed by atoms with Gasteiger partial charge in [0.05, 0.1) is 0 Å². The molecule has 2 unspecified atom stereocenters. The minimum absolute atomic E-state index is 0.541. The molecule has 108 valence electrons. The minimum Gasteiger partial charge on any atom is -0.313 e. The number of thioether (sulfide) groups is 1. The molecule has 0 fully saturated rings. The van der Waals surface area contributed by atoms with Crippen LogP contribution in [0.5, 0.6) is 0 Å². The summed E-state index contributed by atoms with van der Waals surface area (Å²) in [4.78, 5) is 8.99. The summed E-state index contributed by atoms with van der Waals surface area (Å²) >= 11 is 1.77. The smallest absolute Gasteiger partial charge is 0.188 e. The van der Waals surface area contributed by atoms with E-state index in [-0.39, 0.29) is 0 Å². The molecule has 0 aliphatic carbocycles. The quantitative estimate of drug-likeness (QED) is 0.583. The molecule has 0 spiro atoms. The van der Waals surface area contributed by atoms with Crippen molar-refractivity contribution < 1.29 is 0 Å². The molecule has 1 aromatic heterocycles. The zero-order chi connectivity index (χ0) is 14.3. The third-order valence-electron chi connectivity index (χ3n) is 3.34. The van der Waals surface area contributed by atoms with Gasteiger partial charge in [0.2, 0.25) is 0 Å². The summed E-state index contributed by atoms with van der Waals surface area (Å²) < 4.78 is 0. The van der Waals surface area contributed by atoms with E-state index in [9.17, 15) is 0 Å². The van der Waals surface area contributed by atoms with E-state index in [1.54, 1.807) is 11.8 Å². The van der Waals surface area contributed by atoms with E-state index < -0.39 is 0 Å². The summed E-state index contributed by atoms with van der Waals surface area (Å²) in [6.07, 6.45) is 2.38. The van der Waals surface area contributed by atoms with Crippen LogP contribution in [0.2, 0.25) is 0 Å². The van der Waals surface area contributed by atoms with E-state index in [1.807, 2.05) is 19.9 Å². The van der Waals surface area contributed by atoms with Crippen LogP contribution in [0, 0.1) is 19.8 Å². The van der Waals surface area contributed by atoms with Crippen LogP contribution in [-0.4, -0.2) is 28.3 Å². The molecule has 0 saturated carbocycles. The lowest BCUT2D eigenvalue weighted by molar-refractivity contribution is 0.396. The van der Waals surface area contributed by atoms with E-state index in [0.717, 1.165) is 28.8 Å². The van der Waals surface area contributed by atoms with Gasteiger partial charge >= 0.3 is 0 Å². The summed E-state index contributed by atoms with van der Waals surface area (Å²) in [6, 6.07) is 2.56. The van der Waals surface area contributed by atoms with Gasteiger partial charge in [-0.1, -0.05) is 39.0 Å². The molecule has 1 heterocycles. The maximum Gasteiger partial charge on any atom is 0.188 e. The van der Waals surface area contributed by atoms with Crippen molar-refractivity contribution in [2.45, 2.75) is 58.7 Å². The van der Waals surface area contributed by atoms with E-state index in [0.29, 0.717) is 12.0 Å². The molecule has 0 saturated heterocycles. The van der Waals surface area contributed by atoms with Crippen LogP contribution < -0.4 is 5.32 Å². The number of rotatable bonds is 8. The van der Waals surface area contributed by atoms with Crippen LogP contribution in [0.15, 0.2) is 11.2 Å². The number of aryl methyl sites for hydroxylation is 2. The van der Waals surface area contributed by atoms with Gasteiger partial charge in [-0.05, 0) is 38.8 Å². The predicted molar refractivity (Wildman–Crippen MR) is 83.8 cm³/mol. The average molecular weight is 281 g/mol. The van der Waals surface area contributed by atoms with E-state index >= 15 is 0 Å². The molecule has 3 nitrogen and oxygen atoms in total. The summed E-state index contributed by atoms with van der Waals surface area (Å²) in [7, 11) is 0. The van der Waals surface area contributed by atoms with Crippen LogP contribution in [0.3, 0.4) is 0 Å². The molecule has 0 aliphatic heterocycles. The largest absolute Gasteiger partial charge is 0.313 e. The van der Waals surface area contributed by atoms with Crippen LogP contribution >= 0.6 is 11.8 Å². The second-order valence-corrected chi connectivity index (χ2v) is 6.18. The Bertz CT molecular complexity index is 361. The SMILES string of the molecule is CCCNC(CSc1nc(C)cc(C)n1)C(C)CC. The first-order valence-corrected chi connectivity index (χ1v) is 8.23. The van der Waals surface area contributed by atoms with Gasteiger partial charge in [0.15, 0.2) is 5.16 Å². The summed E-state index contributed by atoms with van der Waals surface area (Å²) in [5.74, 6) is 1.72. The van der Waals surface area contributed by atoms with Crippen LogP contribution in [-0.2, 0) is 0 Å². The average Bonchev–Trinajstić information content (AvgIpc) is 2.37. The Morgan fingerprint density at radius 2 is 1.84 bits per heavy atom. The second kappa shape index (κ2) is 8.54. The van der Waals surface area contributed by atoms with Crippen molar-refractivity contribution in [2.24, 2.45) is 5.92 Å². The molecular weight excluding hydrogens is 254 g/mol. The molecule has 0 bridgehead atoms. The predicted octanol–water partition coefficient (Wildman–Crippen LogP) is 3.60. The lowest BCUT2D eigenvalue weighted by atomic mass is 10.0. The maximum atomic E-state index is 4.50. The van der Waals surface area contributed by atoms with Gasteiger partial charge in [-0.3, -0.25) is 0 Å². The highest BCUT2D eigenvalue weighted by molar-refractivity contribution is 7.99. The number of hydrogen-bond acceptors (Lipinski definition) is 4. The van der Waals surface area contributed by atoms with Gasteiger partial charge in [0.1, 0.15) is 0 Å². The van der Waals surface area contributed by atoms with Gasteiger partial charge < -0.3 is 5.32 Å². The first-order valence-electron chi connectivity index (χ1n) is 7.25. The first-order chi connectivity index (χ1) is 9.06. The number of hydrogen-bond donors (Lipinski definition) is 1. The van der Waals surface area contributed by atoms with Crippen LogP contribution in [0.1, 0.15) is 45.0 Å². The molecule has 0 radical (unpaired) electrons. The standard InChI is InChI=1S/C15H27N3S/c1-6-8-16-14(11(3)7-2)10-19-15-17-12(4)9-13(5)18-15/h9,11,14,16H,6-8,10H2,1-5H3. The van der Waals surface area contributed by atoms with Crippen LogP contribution in [0.25, 0.3) is 0 Å². The van der Waals surface area contributed by atoms with Gasteiger partial charge in [0.25, 0.3) is 0 Å². The highest BCUT2D eigenvalue weighted by atomic mass is 32.2. The Kier molecular flexibility index (Phi) is 7.39. The van der Waals surface area contributed by atoms with E-state index in [4.69, 9.17) is 0 Å². The second-order valence-electron chi connectivity index (χ2n) is 5.19. The number of nitrogens with one attached hydrogen (secondary N) is 1. The zero-order valence-electron chi connectivity index (χ0n) is 12.9. The zero-order valence-corrected chi connectivity index (χ0v) is 13.7. The lowest BCUT2D eigenvalue weighted by Crippen LogP contribution is -2.37. The summed E-state index contributed by atoms with van der Waals surface area (Å²) in [6.45, 7) is 11.9. The topological polar surface area (TPSA) is 37.8 Å². The minimum atomic E-state index is 0.541. The molecule has 1 rings (SSSR count). The lowest BCUT2D eigenvalue weighted by Gasteiger charge is -2.23. The van der Waals surface area contributed by atoms with Crippen molar-refractivity contribution in [3.05, 3.63) is 17.5 Å². The van der Waals surface area contributed by atoms with Gasteiger partial charge in [0, 0.05) is 23.2 Å². The molecule has 0 aromatic carbocycles. The molecule has 1 N–H and O–H groups in total. The monoisotopic (exact) mass is 281 g/mol. The van der Waals surface area contributed by atoms with Crippen molar-refractivity contribution in [1.29, 1.82) is 0 Å². The Hall–Kier alpha value is -0.610. The summed E-state index contributed by atoms with van der Waals surface area (Å²) in [5, 5.41) is 4.55. The molecule has 1 aromatic rings. The third-order valence-corrected chi connectivity index (χ3v) is 4.31.